The lowest BCUT2D eigenvalue weighted by molar-refractivity contribution is 0.0632. The summed E-state index contributed by atoms with van der Waals surface area (Å²) in [5.41, 5.74) is 1.23. The highest BCUT2D eigenvalue weighted by atomic mass is 14.7. The lowest BCUT2D eigenvalue weighted by atomic mass is 9.63. The van der Waals surface area contributed by atoms with Gasteiger partial charge in [-0.05, 0) is 41.4 Å². The van der Waals surface area contributed by atoms with Gasteiger partial charge < -0.3 is 0 Å². The van der Waals surface area contributed by atoms with E-state index in [0.717, 1.165) is 17.8 Å². The third-order valence-electron chi connectivity index (χ3n) is 5.59. The predicted molar refractivity (Wildman–Crippen MR) is 52.9 cm³/mol. The zero-order valence-corrected chi connectivity index (χ0v) is 9.15. The van der Waals surface area contributed by atoms with E-state index >= 15 is 0 Å². The Morgan fingerprint density at radius 2 is 1.50 bits per heavy atom. The van der Waals surface area contributed by atoms with Crippen LogP contribution in [0.3, 0.4) is 0 Å². The van der Waals surface area contributed by atoms with Gasteiger partial charge in [0.1, 0.15) is 0 Å². The summed E-state index contributed by atoms with van der Waals surface area (Å²) in [5, 5.41) is 0. The maximum absolute atomic E-state index is 2.52. The van der Waals surface area contributed by atoms with Gasteiger partial charge >= 0.3 is 0 Å². The highest BCUT2D eigenvalue weighted by Crippen LogP contribution is 2.72. The molecule has 0 N–H and O–H groups in total. The zero-order valence-electron chi connectivity index (χ0n) is 9.15. The Labute approximate surface area is 76.7 Å². The van der Waals surface area contributed by atoms with Crippen molar-refractivity contribution in [2.24, 2.45) is 28.6 Å². The van der Waals surface area contributed by atoms with Crippen LogP contribution >= 0.6 is 0 Å². The van der Waals surface area contributed by atoms with Crippen molar-refractivity contribution in [1.29, 1.82) is 0 Å². The Morgan fingerprint density at radius 1 is 1.00 bits per heavy atom. The monoisotopic (exact) mass is 166 g/mol. The average molecular weight is 166 g/mol. The second-order valence-electron chi connectivity index (χ2n) is 6.02. The van der Waals surface area contributed by atoms with Gasteiger partial charge in [0.05, 0.1) is 0 Å². The minimum absolute atomic E-state index is 0.603. The molecule has 0 nitrogen and oxygen atoms in total. The molecule has 1 unspecified atom stereocenters. The minimum Gasteiger partial charge on any atom is -0.0622 e. The Hall–Kier alpha value is 0. The molecule has 3 saturated carbocycles. The molecule has 0 aromatic carbocycles. The summed E-state index contributed by atoms with van der Waals surface area (Å²) in [4.78, 5) is 0. The van der Waals surface area contributed by atoms with Crippen molar-refractivity contribution in [2.75, 3.05) is 0 Å². The predicted octanol–water partition coefficient (Wildman–Crippen LogP) is 3.71. The Morgan fingerprint density at radius 3 is 1.67 bits per heavy atom. The summed E-state index contributed by atoms with van der Waals surface area (Å²) in [6.07, 6.45) is 3.03. The van der Waals surface area contributed by atoms with Crippen LogP contribution in [0.5, 0.6) is 0 Å². The lowest BCUT2D eigenvalue weighted by Crippen LogP contribution is -2.36. The highest BCUT2D eigenvalue weighted by molar-refractivity contribution is 5.13. The van der Waals surface area contributed by atoms with Crippen LogP contribution < -0.4 is 0 Å². The molecule has 1 atom stereocenters. The van der Waals surface area contributed by atoms with Gasteiger partial charge in [0.25, 0.3) is 0 Å². The molecule has 0 radical (unpaired) electrons. The van der Waals surface area contributed by atoms with E-state index in [2.05, 4.69) is 34.6 Å². The standard InChI is InChI=1S/C12H22/c1-8(2)12(5)10-6-9(7-10)11(12,3)4/h8-10H,6-7H2,1-5H3. The molecule has 3 fully saturated rings. The Kier molecular flexibility index (Phi) is 1.49. The molecular formula is C12H22. The van der Waals surface area contributed by atoms with Crippen LogP contribution in [-0.2, 0) is 0 Å². The molecule has 3 aliphatic carbocycles. The van der Waals surface area contributed by atoms with Gasteiger partial charge in [-0.1, -0.05) is 34.6 Å². The largest absolute Gasteiger partial charge is 0.0622 e. The van der Waals surface area contributed by atoms with E-state index in [9.17, 15) is 0 Å². The van der Waals surface area contributed by atoms with Gasteiger partial charge in [-0.3, -0.25) is 0 Å². The summed E-state index contributed by atoms with van der Waals surface area (Å²) >= 11 is 0. The van der Waals surface area contributed by atoms with Gasteiger partial charge in [0, 0.05) is 0 Å². The second kappa shape index (κ2) is 2.08. The highest BCUT2D eigenvalue weighted by Gasteiger charge is 2.64. The average Bonchev–Trinajstić information content (AvgIpc) is 2.09. The van der Waals surface area contributed by atoms with E-state index in [1.807, 2.05) is 0 Å². The molecule has 0 spiro atoms. The first-order chi connectivity index (χ1) is 5.40. The number of fused-ring (bicyclic) bond motifs is 1. The molecule has 0 heteroatoms. The van der Waals surface area contributed by atoms with Gasteiger partial charge in [0.15, 0.2) is 0 Å². The summed E-state index contributed by atoms with van der Waals surface area (Å²) in [6, 6.07) is 0. The molecule has 3 aliphatic rings. The molecule has 0 aliphatic heterocycles. The fourth-order valence-corrected chi connectivity index (χ4v) is 3.88. The number of rotatable bonds is 1. The van der Waals surface area contributed by atoms with E-state index in [-0.39, 0.29) is 0 Å². The van der Waals surface area contributed by atoms with Crippen molar-refractivity contribution in [1.82, 2.24) is 0 Å². The molecule has 3 rings (SSSR count). The third kappa shape index (κ3) is 0.661. The molecule has 0 heterocycles. The van der Waals surface area contributed by atoms with Crippen LogP contribution in [0.25, 0.3) is 0 Å². The van der Waals surface area contributed by atoms with E-state index in [0.29, 0.717) is 10.8 Å². The molecular weight excluding hydrogens is 144 g/mol. The van der Waals surface area contributed by atoms with Gasteiger partial charge in [-0.15, -0.1) is 0 Å². The molecule has 0 aromatic heterocycles. The molecule has 12 heavy (non-hydrogen) atoms. The fraction of sp³-hybridized carbons (Fsp3) is 1.00. The maximum atomic E-state index is 2.52. The molecule has 0 aromatic rings. The summed E-state index contributed by atoms with van der Waals surface area (Å²) in [7, 11) is 0. The van der Waals surface area contributed by atoms with Crippen LogP contribution in [0, 0.1) is 28.6 Å². The summed E-state index contributed by atoms with van der Waals surface area (Å²) in [5.74, 6) is 2.93. The fourth-order valence-electron chi connectivity index (χ4n) is 3.88. The van der Waals surface area contributed by atoms with E-state index in [1.54, 1.807) is 0 Å². The van der Waals surface area contributed by atoms with Crippen molar-refractivity contribution in [3.8, 4) is 0 Å². The van der Waals surface area contributed by atoms with Gasteiger partial charge in [-0.25, -0.2) is 0 Å². The first kappa shape index (κ1) is 8.59. The summed E-state index contributed by atoms with van der Waals surface area (Å²) < 4.78 is 0. The number of hydrogen-bond donors (Lipinski definition) is 0. The molecule has 70 valence electrons. The van der Waals surface area contributed by atoms with Crippen LogP contribution in [0.15, 0.2) is 0 Å². The first-order valence-corrected chi connectivity index (χ1v) is 5.40. The molecule has 0 saturated heterocycles. The van der Waals surface area contributed by atoms with Crippen LogP contribution in [0.4, 0.5) is 0 Å². The topological polar surface area (TPSA) is 0 Å². The zero-order chi connectivity index (χ0) is 9.15. The summed E-state index contributed by atoms with van der Waals surface area (Å²) in [6.45, 7) is 12.3. The van der Waals surface area contributed by atoms with Crippen molar-refractivity contribution < 1.29 is 0 Å². The van der Waals surface area contributed by atoms with E-state index in [1.165, 1.54) is 12.8 Å². The van der Waals surface area contributed by atoms with Crippen molar-refractivity contribution in [2.45, 2.75) is 47.5 Å². The normalized spacial score (nSPS) is 49.5. The second-order valence-corrected chi connectivity index (χ2v) is 6.02. The molecule has 0 amide bonds. The number of hydrogen-bond acceptors (Lipinski definition) is 0. The van der Waals surface area contributed by atoms with Gasteiger partial charge in [0.2, 0.25) is 0 Å². The quantitative estimate of drug-likeness (QED) is 0.557. The first-order valence-electron chi connectivity index (χ1n) is 5.40. The van der Waals surface area contributed by atoms with Crippen molar-refractivity contribution in [3.63, 3.8) is 0 Å². The van der Waals surface area contributed by atoms with Crippen LogP contribution in [0.1, 0.15) is 47.5 Å². The van der Waals surface area contributed by atoms with Crippen LogP contribution in [-0.4, -0.2) is 0 Å². The Bertz CT molecular complexity index is 196. The van der Waals surface area contributed by atoms with Crippen LogP contribution in [0.2, 0.25) is 0 Å². The molecule has 2 bridgehead atoms. The Balaban J connectivity index is 2.36. The smallest absolute Gasteiger partial charge is 0.0220 e. The third-order valence-corrected chi connectivity index (χ3v) is 5.59. The van der Waals surface area contributed by atoms with Crippen molar-refractivity contribution in [3.05, 3.63) is 0 Å². The van der Waals surface area contributed by atoms with Crippen molar-refractivity contribution >= 4 is 0 Å². The SMILES string of the molecule is CC(C)C1(C)C2CC(C2)C1(C)C. The lowest BCUT2D eigenvalue weighted by Gasteiger charge is -2.42. The minimum atomic E-state index is 0.603. The van der Waals surface area contributed by atoms with E-state index in [4.69, 9.17) is 0 Å². The van der Waals surface area contributed by atoms with Gasteiger partial charge in [-0.2, -0.15) is 0 Å². The maximum Gasteiger partial charge on any atom is -0.0220 e. The van der Waals surface area contributed by atoms with E-state index < -0.39 is 0 Å².